The van der Waals surface area contributed by atoms with Gasteiger partial charge in [0.2, 0.25) is 0 Å². The smallest absolute Gasteiger partial charge is 0.157 e. The van der Waals surface area contributed by atoms with Gasteiger partial charge in [-0.05, 0) is 30.7 Å². The zero-order valence-electron chi connectivity index (χ0n) is 6.62. The van der Waals surface area contributed by atoms with Crippen molar-refractivity contribution in [2.24, 2.45) is 5.73 Å². The molecule has 0 saturated heterocycles. The van der Waals surface area contributed by atoms with E-state index in [1.807, 2.05) is 0 Å². The standard InChI is InChI=1S/C8H11NO2.Ti/c9-4-3-6-1-2-7(10)8(11)5-6;/h1-2,5,10-11H,3-4,9H2;. The Labute approximate surface area is 86.1 Å². The molecule has 0 amide bonds. The molecule has 0 radical (unpaired) electrons. The molecule has 3 nitrogen and oxygen atoms in total. The average molecular weight is 201 g/mol. The molecule has 0 spiro atoms. The maximum absolute atomic E-state index is 9.04. The Kier molecular flexibility index (Phi) is 4.98. The summed E-state index contributed by atoms with van der Waals surface area (Å²) in [6.07, 6.45) is 0.716. The van der Waals surface area contributed by atoms with Crippen LogP contribution in [0.1, 0.15) is 5.56 Å². The quantitative estimate of drug-likeness (QED) is 0.484. The fourth-order valence-electron chi connectivity index (χ4n) is 0.891. The van der Waals surface area contributed by atoms with Crippen molar-refractivity contribution in [3.05, 3.63) is 23.8 Å². The first-order chi connectivity index (χ1) is 5.24. The molecule has 0 atom stereocenters. The maximum atomic E-state index is 9.04. The molecule has 1 aromatic carbocycles. The van der Waals surface area contributed by atoms with E-state index in [9.17, 15) is 0 Å². The van der Waals surface area contributed by atoms with E-state index in [0.29, 0.717) is 13.0 Å². The van der Waals surface area contributed by atoms with Crippen LogP contribution >= 0.6 is 0 Å². The van der Waals surface area contributed by atoms with Gasteiger partial charge in [0.1, 0.15) is 0 Å². The molecular formula is C8H11NO2Ti. The van der Waals surface area contributed by atoms with Crippen LogP contribution in [0.2, 0.25) is 0 Å². The van der Waals surface area contributed by atoms with E-state index in [0.717, 1.165) is 5.56 Å². The van der Waals surface area contributed by atoms with E-state index >= 15 is 0 Å². The first-order valence-electron chi connectivity index (χ1n) is 3.45. The molecule has 0 aliphatic heterocycles. The van der Waals surface area contributed by atoms with Gasteiger partial charge in [0.25, 0.3) is 0 Å². The monoisotopic (exact) mass is 201 g/mol. The molecule has 0 aliphatic carbocycles. The zero-order valence-corrected chi connectivity index (χ0v) is 8.18. The zero-order chi connectivity index (χ0) is 8.27. The second kappa shape index (κ2) is 5.19. The topological polar surface area (TPSA) is 66.5 Å². The van der Waals surface area contributed by atoms with Crippen molar-refractivity contribution >= 4 is 0 Å². The fourth-order valence-corrected chi connectivity index (χ4v) is 0.891. The van der Waals surface area contributed by atoms with E-state index in [1.165, 1.54) is 12.1 Å². The van der Waals surface area contributed by atoms with E-state index in [-0.39, 0.29) is 33.2 Å². The van der Waals surface area contributed by atoms with Crippen LogP contribution in [-0.4, -0.2) is 16.8 Å². The van der Waals surface area contributed by atoms with Crippen LogP contribution in [0.15, 0.2) is 18.2 Å². The summed E-state index contributed by atoms with van der Waals surface area (Å²) < 4.78 is 0. The maximum Gasteiger partial charge on any atom is 0.157 e. The molecule has 0 unspecified atom stereocenters. The Bertz CT molecular complexity index is 253. The van der Waals surface area contributed by atoms with Gasteiger partial charge in [-0.1, -0.05) is 6.07 Å². The number of hydrogen-bond acceptors (Lipinski definition) is 3. The minimum Gasteiger partial charge on any atom is -0.504 e. The van der Waals surface area contributed by atoms with Gasteiger partial charge in [-0.3, -0.25) is 0 Å². The second-order valence-corrected chi connectivity index (χ2v) is 2.36. The predicted molar refractivity (Wildman–Crippen MR) is 42.5 cm³/mol. The fraction of sp³-hybridized carbons (Fsp3) is 0.250. The van der Waals surface area contributed by atoms with Crippen LogP contribution in [0.3, 0.4) is 0 Å². The van der Waals surface area contributed by atoms with Crippen molar-refractivity contribution in [1.82, 2.24) is 0 Å². The molecule has 1 rings (SSSR count). The second-order valence-electron chi connectivity index (χ2n) is 2.36. The Morgan fingerprint density at radius 3 is 2.33 bits per heavy atom. The first kappa shape index (κ1) is 11.5. The van der Waals surface area contributed by atoms with E-state index in [2.05, 4.69) is 0 Å². The summed E-state index contributed by atoms with van der Waals surface area (Å²) >= 11 is 0. The van der Waals surface area contributed by atoms with Gasteiger partial charge < -0.3 is 15.9 Å². The molecular weight excluding hydrogens is 190 g/mol. The Morgan fingerprint density at radius 2 is 1.83 bits per heavy atom. The summed E-state index contributed by atoms with van der Waals surface area (Å²) in [6, 6.07) is 4.71. The first-order valence-corrected chi connectivity index (χ1v) is 3.45. The van der Waals surface area contributed by atoms with Crippen molar-refractivity contribution in [2.75, 3.05) is 6.54 Å². The summed E-state index contributed by atoms with van der Waals surface area (Å²) in [4.78, 5) is 0. The minimum atomic E-state index is -0.0919. The summed E-state index contributed by atoms with van der Waals surface area (Å²) in [5, 5.41) is 18.0. The third-order valence-electron chi connectivity index (χ3n) is 1.47. The van der Waals surface area contributed by atoms with E-state index < -0.39 is 0 Å². The molecule has 64 valence electrons. The van der Waals surface area contributed by atoms with Crippen molar-refractivity contribution in [2.45, 2.75) is 6.42 Å². The van der Waals surface area contributed by atoms with Gasteiger partial charge >= 0.3 is 0 Å². The molecule has 0 aliphatic rings. The summed E-state index contributed by atoms with van der Waals surface area (Å²) in [6.45, 7) is 0.546. The van der Waals surface area contributed by atoms with Crippen LogP contribution in [-0.2, 0) is 28.1 Å². The van der Waals surface area contributed by atoms with Crippen LogP contribution in [0, 0.1) is 0 Å². The summed E-state index contributed by atoms with van der Waals surface area (Å²) in [7, 11) is 0. The number of benzene rings is 1. The van der Waals surface area contributed by atoms with Crippen LogP contribution < -0.4 is 5.73 Å². The Balaban J connectivity index is 0.00000121. The molecule has 0 aromatic heterocycles. The number of nitrogens with two attached hydrogens (primary N) is 1. The van der Waals surface area contributed by atoms with Crippen molar-refractivity contribution in [3.8, 4) is 11.5 Å². The van der Waals surface area contributed by atoms with E-state index in [4.69, 9.17) is 15.9 Å². The Morgan fingerprint density at radius 1 is 1.17 bits per heavy atom. The van der Waals surface area contributed by atoms with Crippen molar-refractivity contribution < 1.29 is 31.9 Å². The summed E-state index contributed by atoms with van der Waals surface area (Å²) in [5.74, 6) is -0.179. The number of rotatable bonds is 2. The van der Waals surface area contributed by atoms with Gasteiger partial charge in [0, 0.05) is 21.7 Å². The van der Waals surface area contributed by atoms with Crippen LogP contribution in [0.4, 0.5) is 0 Å². The number of phenols is 2. The minimum absolute atomic E-state index is 0. The normalized spacial score (nSPS) is 9.08. The molecule has 0 fully saturated rings. The van der Waals surface area contributed by atoms with E-state index in [1.54, 1.807) is 6.07 Å². The molecule has 0 saturated carbocycles. The molecule has 1 aromatic rings. The van der Waals surface area contributed by atoms with Gasteiger partial charge in [-0.15, -0.1) is 0 Å². The molecule has 4 heteroatoms. The number of aromatic hydroxyl groups is 2. The van der Waals surface area contributed by atoms with Gasteiger partial charge in [-0.2, -0.15) is 0 Å². The summed E-state index contributed by atoms with van der Waals surface area (Å²) in [5.41, 5.74) is 6.24. The number of hydrogen-bond donors (Lipinski definition) is 3. The average Bonchev–Trinajstić information content (AvgIpc) is 1.98. The van der Waals surface area contributed by atoms with Crippen molar-refractivity contribution in [3.63, 3.8) is 0 Å². The largest absolute Gasteiger partial charge is 0.504 e. The number of phenolic OH excluding ortho intramolecular Hbond substituents is 2. The van der Waals surface area contributed by atoms with Gasteiger partial charge in [-0.25, -0.2) is 0 Å². The van der Waals surface area contributed by atoms with Crippen molar-refractivity contribution in [1.29, 1.82) is 0 Å². The Hall–Kier alpha value is -0.506. The molecule has 0 bridgehead atoms. The van der Waals surface area contributed by atoms with Gasteiger partial charge in [0.15, 0.2) is 11.5 Å². The predicted octanol–water partition coefficient (Wildman–Crippen LogP) is 0.596. The van der Waals surface area contributed by atoms with Crippen LogP contribution in [0.5, 0.6) is 11.5 Å². The molecule has 12 heavy (non-hydrogen) atoms. The van der Waals surface area contributed by atoms with Crippen LogP contribution in [0.25, 0.3) is 0 Å². The molecule has 4 N–H and O–H groups in total. The van der Waals surface area contributed by atoms with Gasteiger partial charge in [0.05, 0.1) is 0 Å². The molecule has 0 heterocycles. The third kappa shape index (κ3) is 2.85. The third-order valence-corrected chi connectivity index (χ3v) is 1.47. The SMILES string of the molecule is NCCc1ccc(O)c(O)c1.[Ti].